The molecule has 13 atom stereocenters. The Bertz CT molecular complexity index is 1100. The average molecular weight is 631 g/mol. The molecule has 0 unspecified atom stereocenters. The van der Waals surface area contributed by atoms with Gasteiger partial charge in [-0.1, -0.05) is 20.8 Å². The molecule has 12 nitrogen and oxygen atoms in total. The molecule has 1 amide bonds. The number of carbonyl (C=O) groups excluding carboxylic acids is 4. The standard InChI is InChI=1S/C31H51FN2O10/c1-12-40-29(7)14-15(2)21(35)17(4)23-31(9,44-28(39)33-23)19(6)42-27(38)30(8,32)24(37)18(5)25(29)43-26-22(36)20(34(10)11)13-16(3)41-26/h15-20,22-23,25-26,36H,12-14H2,1-11H3,(H,33,39)/t15-,16-,17-,18+,19+,20+,22-,23-,25-,26+,29+,30+,31-/m1/s1. The molecule has 0 aromatic heterocycles. The van der Waals surface area contributed by atoms with Crippen molar-refractivity contribution in [2.45, 2.75) is 135 Å². The number of cyclic esters (lactones) is 1. The summed E-state index contributed by atoms with van der Waals surface area (Å²) >= 11 is 0. The van der Waals surface area contributed by atoms with Crippen LogP contribution in [0, 0.1) is 17.8 Å². The topological polar surface area (TPSA) is 150 Å². The van der Waals surface area contributed by atoms with E-state index in [1.807, 2.05) is 25.9 Å². The van der Waals surface area contributed by atoms with Crippen molar-refractivity contribution in [3.8, 4) is 0 Å². The summed E-state index contributed by atoms with van der Waals surface area (Å²) < 4.78 is 45.9. The number of ether oxygens (including phenoxy) is 5. The first-order valence-electron chi connectivity index (χ1n) is 15.5. The predicted octanol–water partition coefficient (Wildman–Crippen LogP) is 2.57. The molecule has 0 aromatic carbocycles. The monoisotopic (exact) mass is 630 g/mol. The minimum atomic E-state index is -3.13. The number of nitrogens with one attached hydrogen (secondary N) is 1. The summed E-state index contributed by atoms with van der Waals surface area (Å²) in [6, 6.07) is -1.26. The van der Waals surface area contributed by atoms with E-state index in [1.165, 1.54) is 20.8 Å². The Labute approximate surface area is 259 Å². The minimum absolute atomic E-state index is 0.0308. The number of Topliss-reactive ketones (excluding diaryl/α,β-unsaturated/α-hetero) is 2. The molecular formula is C31H51FN2O10. The molecule has 0 spiro atoms. The van der Waals surface area contributed by atoms with Crippen molar-refractivity contribution in [1.29, 1.82) is 0 Å². The second-order valence-electron chi connectivity index (χ2n) is 13.6. The van der Waals surface area contributed by atoms with Crippen molar-refractivity contribution in [1.82, 2.24) is 10.2 Å². The highest BCUT2D eigenvalue weighted by Crippen LogP contribution is 2.40. The zero-order valence-corrected chi connectivity index (χ0v) is 27.8. The summed E-state index contributed by atoms with van der Waals surface area (Å²) in [5.74, 6) is -5.68. The van der Waals surface area contributed by atoms with E-state index < -0.39 is 83.1 Å². The number of halogens is 1. The SMILES string of the molecule is CCO[C@@]1(C)C[C@@H](C)C(=O)[C@@H](C)[C@H]2NC(=O)O[C@]2(C)[C@H](C)OC(=O)[C@@](C)(F)C(=O)[C@H](C)[C@H]1O[C@@H]1O[C@H](C)C[C@H](N(C)C)[C@H]1O. The van der Waals surface area contributed by atoms with Crippen molar-refractivity contribution in [2.75, 3.05) is 20.7 Å². The molecule has 3 aliphatic rings. The number of esters is 1. The molecule has 0 aliphatic carbocycles. The molecule has 2 N–H and O–H groups in total. The molecule has 44 heavy (non-hydrogen) atoms. The summed E-state index contributed by atoms with van der Waals surface area (Å²) in [5.41, 5.74) is -6.06. The molecule has 0 radical (unpaired) electrons. The third-order valence-electron chi connectivity index (χ3n) is 9.79. The van der Waals surface area contributed by atoms with Crippen LogP contribution in [0.25, 0.3) is 0 Å². The summed E-state index contributed by atoms with van der Waals surface area (Å²) in [5, 5.41) is 13.9. The zero-order valence-electron chi connectivity index (χ0n) is 27.8. The van der Waals surface area contributed by atoms with E-state index >= 15 is 4.39 Å². The van der Waals surface area contributed by atoms with Crippen LogP contribution in [0.3, 0.4) is 0 Å². The van der Waals surface area contributed by atoms with Crippen molar-refractivity contribution < 1.29 is 52.4 Å². The van der Waals surface area contributed by atoms with Gasteiger partial charge in [0.25, 0.3) is 5.67 Å². The first-order valence-corrected chi connectivity index (χ1v) is 15.5. The van der Waals surface area contributed by atoms with Crippen molar-refractivity contribution >= 4 is 23.6 Å². The van der Waals surface area contributed by atoms with E-state index in [0.717, 1.165) is 6.92 Å². The zero-order chi connectivity index (χ0) is 33.5. The lowest BCUT2D eigenvalue weighted by molar-refractivity contribution is -0.297. The average Bonchev–Trinajstić information content (AvgIpc) is 3.25. The number of nitrogens with zero attached hydrogens (tertiary/aromatic N) is 1. The molecule has 13 heteroatoms. The minimum Gasteiger partial charge on any atom is -0.456 e. The maximum Gasteiger partial charge on any atom is 0.408 e. The fourth-order valence-electron chi connectivity index (χ4n) is 7.07. The van der Waals surface area contributed by atoms with E-state index in [4.69, 9.17) is 23.7 Å². The van der Waals surface area contributed by atoms with E-state index in [9.17, 15) is 24.3 Å². The molecule has 0 bridgehead atoms. The van der Waals surface area contributed by atoms with Crippen LogP contribution >= 0.6 is 0 Å². The van der Waals surface area contributed by atoms with Gasteiger partial charge in [0.15, 0.2) is 17.7 Å². The number of alkyl halides is 1. The van der Waals surface area contributed by atoms with Gasteiger partial charge < -0.3 is 39.0 Å². The number of rotatable bonds is 5. The Hall–Kier alpha value is -2.19. The van der Waals surface area contributed by atoms with Crippen LogP contribution < -0.4 is 5.32 Å². The van der Waals surface area contributed by atoms with Crippen LogP contribution in [-0.2, 0) is 38.1 Å². The molecule has 3 heterocycles. The van der Waals surface area contributed by atoms with Crippen LogP contribution in [-0.4, -0.2) is 114 Å². The Morgan fingerprint density at radius 1 is 1.05 bits per heavy atom. The second-order valence-corrected chi connectivity index (χ2v) is 13.6. The van der Waals surface area contributed by atoms with Crippen molar-refractivity contribution in [3.05, 3.63) is 0 Å². The summed E-state index contributed by atoms with van der Waals surface area (Å²) in [6.45, 7) is 13.9. The smallest absolute Gasteiger partial charge is 0.408 e. The van der Waals surface area contributed by atoms with E-state index in [-0.39, 0.29) is 31.0 Å². The van der Waals surface area contributed by atoms with Crippen LogP contribution in [0.4, 0.5) is 9.18 Å². The lowest BCUT2D eigenvalue weighted by atomic mass is 9.73. The number of ketones is 2. The first kappa shape index (κ1) is 36.3. The van der Waals surface area contributed by atoms with Crippen LogP contribution in [0.2, 0.25) is 0 Å². The second kappa shape index (κ2) is 13.3. The molecular weight excluding hydrogens is 579 g/mol. The number of alkyl carbamates (subject to hydrolysis) is 1. The van der Waals surface area contributed by atoms with Crippen molar-refractivity contribution in [2.24, 2.45) is 17.8 Å². The number of hydrogen-bond acceptors (Lipinski definition) is 11. The Kier molecular flexibility index (Phi) is 10.9. The Morgan fingerprint density at radius 3 is 2.23 bits per heavy atom. The molecule has 3 aliphatic heterocycles. The van der Waals surface area contributed by atoms with E-state index in [2.05, 4.69) is 5.32 Å². The van der Waals surface area contributed by atoms with Gasteiger partial charge in [-0.25, -0.2) is 14.0 Å². The quantitative estimate of drug-likeness (QED) is 0.341. The van der Waals surface area contributed by atoms with Gasteiger partial charge in [0.05, 0.1) is 23.9 Å². The number of aliphatic hydroxyl groups excluding tert-OH is 1. The maximum atomic E-state index is 16.3. The van der Waals surface area contributed by atoms with Gasteiger partial charge in [-0.3, -0.25) is 9.59 Å². The Balaban J connectivity index is 2.14. The highest BCUT2D eigenvalue weighted by atomic mass is 19.1. The summed E-state index contributed by atoms with van der Waals surface area (Å²) in [4.78, 5) is 55.3. The molecule has 3 fully saturated rings. The lowest BCUT2D eigenvalue weighted by Crippen LogP contribution is -2.61. The van der Waals surface area contributed by atoms with Crippen molar-refractivity contribution in [3.63, 3.8) is 0 Å². The van der Waals surface area contributed by atoms with Crippen LogP contribution in [0.5, 0.6) is 0 Å². The molecule has 252 valence electrons. The van der Waals surface area contributed by atoms with Gasteiger partial charge >= 0.3 is 12.1 Å². The summed E-state index contributed by atoms with van der Waals surface area (Å²) in [7, 11) is 3.64. The van der Waals surface area contributed by atoms with Gasteiger partial charge in [-0.15, -0.1) is 0 Å². The Morgan fingerprint density at radius 2 is 1.66 bits per heavy atom. The van der Waals surface area contributed by atoms with Gasteiger partial charge in [-0.2, -0.15) is 0 Å². The van der Waals surface area contributed by atoms with E-state index in [1.54, 1.807) is 27.7 Å². The maximum absolute atomic E-state index is 16.3. The number of amides is 1. The fraction of sp³-hybridized carbons (Fsp3) is 0.871. The van der Waals surface area contributed by atoms with Gasteiger partial charge in [0, 0.05) is 30.4 Å². The number of hydrogen-bond donors (Lipinski definition) is 2. The third-order valence-corrected chi connectivity index (χ3v) is 9.79. The largest absolute Gasteiger partial charge is 0.456 e. The predicted molar refractivity (Wildman–Crippen MR) is 156 cm³/mol. The fourth-order valence-corrected chi connectivity index (χ4v) is 7.07. The summed E-state index contributed by atoms with van der Waals surface area (Å²) in [6.07, 6.45) is -5.42. The normalized spacial score (nSPS) is 46.1. The highest BCUT2D eigenvalue weighted by Gasteiger charge is 2.59. The van der Waals surface area contributed by atoms with Crippen LogP contribution in [0.1, 0.15) is 75.2 Å². The van der Waals surface area contributed by atoms with Gasteiger partial charge in [0.1, 0.15) is 18.0 Å². The molecule has 3 saturated heterocycles. The highest BCUT2D eigenvalue weighted by molar-refractivity contribution is 6.07. The molecule has 0 aromatic rings. The first-order chi connectivity index (χ1) is 20.2. The lowest BCUT2D eigenvalue weighted by Gasteiger charge is -2.47. The van der Waals surface area contributed by atoms with Gasteiger partial charge in [0.2, 0.25) is 0 Å². The van der Waals surface area contributed by atoms with Gasteiger partial charge in [-0.05, 0) is 68.5 Å². The number of likely N-dealkylation sites (N-methyl/N-ethyl adjacent to an activating group) is 1. The third kappa shape index (κ3) is 6.81. The van der Waals surface area contributed by atoms with Crippen LogP contribution in [0.15, 0.2) is 0 Å². The molecule has 0 saturated carbocycles. The molecule has 3 rings (SSSR count). The number of fused-ring (bicyclic) bond motifs is 1. The number of aliphatic hydroxyl groups is 1. The number of carbonyl (C=O) groups is 4. The van der Waals surface area contributed by atoms with E-state index in [0.29, 0.717) is 6.42 Å².